The summed E-state index contributed by atoms with van der Waals surface area (Å²) in [6, 6.07) is 0. The van der Waals surface area contributed by atoms with Crippen molar-refractivity contribution in [2.45, 2.75) is 25.2 Å². The molecule has 1 aromatic heterocycles. The number of hydrogen-bond donors (Lipinski definition) is 0. The van der Waals surface area contributed by atoms with Gasteiger partial charge in [-0.3, -0.25) is 0 Å². The van der Waals surface area contributed by atoms with E-state index in [0.29, 0.717) is 11.3 Å². The van der Waals surface area contributed by atoms with Crippen molar-refractivity contribution < 1.29 is 8.78 Å². The van der Waals surface area contributed by atoms with Crippen molar-refractivity contribution in [3.63, 3.8) is 0 Å². The van der Waals surface area contributed by atoms with Gasteiger partial charge in [0.1, 0.15) is 11.5 Å². The third-order valence-electron chi connectivity index (χ3n) is 2.14. The predicted molar refractivity (Wildman–Crippen MR) is 44.0 cm³/mol. The highest BCUT2D eigenvalue weighted by atomic mass is 35.5. The molecule has 1 aromatic rings. The summed E-state index contributed by atoms with van der Waals surface area (Å²) in [6.45, 7) is 0. The highest BCUT2D eigenvalue weighted by molar-refractivity contribution is 6.30. The lowest BCUT2D eigenvalue weighted by molar-refractivity contribution is -0.0129. The van der Waals surface area contributed by atoms with E-state index in [1.165, 1.54) is 6.33 Å². The van der Waals surface area contributed by atoms with Crippen LogP contribution in [0, 0.1) is 0 Å². The van der Waals surface area contributed by atoms with Crippen LogP contribution >= 0.6 is 11.6 Å². The lowest BCUT2D eigenvalue weighted by atomic mass is 9.94. The molecule has 0 aromatic carbocycles. The Balaban J connectivity index is 2.44. The molecule has 1 aliphatic rings. The van der Waals surface area contributed by atoms with Gasteiger partial charge >= 0.3 is 0 Å². The molecule has 0 spiro atoms. The van der Waals surface area contributed by atoms with Crippen LogP contribution in [-0.2, 0) is 12.8 Å². The summed E-state index contributed by atoms with van der Waals surface area (Å²) >= 11 is 5.69. The summed E-state index contributed by atoms with van der Waals surface area (Å²) in [7, 11) is 0. The van der Waals surface area contributed by atoms with Gasteiger partial charge in [-0.1, -0.05) is 11.6 Å². The third-order valence-corrected chi connectivity index (χ3v) is 2.47. The minimum Gasteiger partial charge on any atom is -0.241 e. The average molecular weight is 205 g/mol. The Kier molecular flexibility index (Phi) is 1.95. The van der Waals surface area contributed by atoms with Crippen LogP contribution in [0.4, 0.5) is 8.78 Å². The molecular weight excluding hydrogens is 198 g/mol. The molecule has 0 amide bonds. The van der Waals surface area contributed by atoms with Crippen LogP contribution in [0.15, 0.2) is 6.33 Å². The van der Waals surface area contributed by atoms with Gasteiger partial charge in [0.05, 0.1) is 0 Å². The molecule has 0 radical (unpaired) electrons. The lowest BCUT2D eigenvalue weighted by Gasteiger charge is -2.23. The summed E-state index contributed by atoms with van der Waals surface area (Å²) in [4.78, 5) is 7.60. The lowest BCUT2D eigenvalue weighted by Crippen LogP contribution is -2.27. The molecule has 2 rings (SSSR count). The second-order valence-electron chi connectivity index (χ2n) is 3.12. The van der Waals surface area contributed by atoms with Gasteiger partial charge in [0.15, 0.2) is 0 Å². The third kappa shape index (κ3) is 1.63. The molecule has 0 atom stereocenters. The van der Waals surface area contributed by atoms with Crippen LogP contribution in [0.2, 0.25) is 5.15 Å². The first-order valence-corrected chi connectivity index (χ1v) is 4.32. The molecule has 5 heteroatoms. The Labute approximate surface area is 79.0 Å². The monoisotopic (exact) mass is 204 g/mol. The van der Waals surface area contributed by atoms with Crippen LogP contribution in [0.25, 0.3) is 0 Å². The number of aryl methyl sites for hydroxylation is 1. The van der Waals surface area contributed by atoms with E-state index in [9.17, 15) is 8.78 Å². The number of alkyl halides is 2. The van der Waals surface area contributed by atoms with E-state index in [0.717, 1.165) is 0 Å². The Morgan fingerprint density at radius 3 is 2.92 bits per heavy atom. The number of rotatable bonds is 0. The molecule has 0 saturated heterocycles. The number of aromatic nitrogens is 2. The molecule has 70 valence electrons. The Morgan fingerprint density at radius 1 is 1.38 bits per heavy atom. The Morgan fingerprint density at radius 2 is 2.15 bits per heavy atom. The second kappa shape index (κ2) is 2.87. The van der Waals surface area contributed by atoms with E-state index >= 15 is 0 Å². The van der Waals surface area contributed by atoms with Gasteiger partial charge in [-0.05, 0) is 6.42 Å². The molecule has 1 aliphatic carbocycles. The first-order chi connectivity index (χ1) is 6.08. The highest BCUT2D eigenvalue weighted by Crippen LogP contribution is 2.34. The first kappa shape index (κ1) is 8.81. The van der Waals surface area contributed by atoms with Crippen molar-refractivity contribution in [1.82, 2.24) is 9.97 Å². The van der Waals surface area contributed by atoms with Crippen LogP contribution in [0.1, 0.15) is 17.7 Å². The number of hydrogen-bond acceptors (Lipinski definition) is 2. The predicted octanol–water partition coefficient (Wildman–Crippen LogP) is 2.25. The highest BCUT2D eigenvalue weighted by Gasteiger charge is 2.35. The number of nitrogens with zero attached hydrogens (tertiary/aromatic N) is 2. The van der Waals surface area contributed by atoms with Crippen molar-refractivity contribution in [2.24, 2.45) is 0 Å². The smallest absolute Gasteiger partial charge is 0.241 e. The Hall–Kier alpha value is -0.770. The maximum Gasteiger partial charge on any atom is 0.252 e. The molecule has 2 nitrogen and oxygen atoms in total. The molecular formula is C8H7ClF2N2. The van der Waals surface area contributed by atoms with Gasteiger partial charge in [0.2, 0.25) is 0 Å². The number of fused-ring (bicyclic) bond motifs is 1. The summed E-state index contributed by atoms with van der Waals surface area (Å²) in [5.74, 6) is -2.65. The fraction of sp³-hybridized carbons (Fsp3) is 0.500. The van der Waals surface area contributed by atoms with Crippen LogP contribution < -0.4 is 0 Å². The second-order valence-corrected chi connectivity index (χ2v) is 3.48. The van der Waals surface area contributed by atoms with Crippen molar-refractivity contribution in [1.29, 1.82) is 0 Å². The van der Waals surface area contributed by atoms with Crippen molar-refractivity contribution in [2.75, 3.05) is 0 Å². The van der Waals surface area contributed by atoms with E-state index in [4.69, 9.17) is 11.6 Å². The van der Waals surface area contributed by atoms with E-state index in [1.807, 2.05) is 0 Å². The van der Waals surface area contributed by atoms with Gasteiger partial charge in [0.25, 0.3) is 5.92 Å². The molecule has 0 N–H and O–H groups in total. The van der Waals surface area contributed by atoms with Crippen molar-refractivity contribution in [3.8, 4) is 0 Å². The summed E-state index contributed by atoms with van der Waals surface area (Å²) in [6.07, 6.45) is 1.12. The summed E-state index contributed by atoms with van der Waals surface area (Å²) in [5.41, 5.74) is 1.06. The minimum absolute atomic E-state index is 0.145. The van der Waals surface area contributed by atoms with Crippen molar-refractivity contribution >= 4 is 11.6 Å². The standard InChI is InChI=1S/C8H7ClF2N2/c9-7-5-3-8(10,11)2-1-6(5)12-4-13-7/h4H,1-3H2. The molecule has 13 heavy (non-hydrogen) atoms. The number of halogens is 3. The molecule has 0 bridgehead atoms. The molecule has 0 unspecified atom stereocenters. The van der Waals surface area contributed by atoms with E-state index in [1.54, 1.807) is 0 Å². The molecule has 0 aliphatic heterocycles. The van der Waals surface area contributed by atoms with E-state index < -0.39 is 5.92 Å². The zero-order valence-corrected chi connectivity index (χ0v) is 7.48. The Bertz CT molecular complexity index is 341. The molecule has 1 heterocycles. The quantitative estimate of drug-likeness (QED) is 0.606. The first-order valence-electron chi connectivity index (χ1n) is 3.94. The average Bonchev–Trinajstić information content (AvgIpc) is 2.06. The zero-order chi connectivity index (χ0) is 9.47. The summed E-state index contributed by atoms with van der Waals surface area (Å²) < 4.78 is 25.9. The van der Waals surface area contributed by atoms with Gasteiger partial charge in [0, 0.05) is 24.1 Å². The topological polar surface area (TPSA) is 25.8 Å². The fourth-order valence-corrected chi connectivity index (χ4v) is 1.68. The van der Waals surface area contributed by atoms with Gasteiger partial charge in [-0.15, -0.1) is 0 Å². The zero-order valence-electron chi connectivity index (χ0n) is 6.73. The van der Waals surface area contributed by atoms with Crippen molar-refractivity contribution in [3.05, 3.63) is 22.7 Å². The maximum atomic E-state index is 12.9. The van der Waals surface area contributed by atoms with Gasteiger partial charge in [-0.25, -0.2) is 18.7 Å². The van der Waals surface area contributed by atoms with E-state index in [-0.39, 0.29) is 24.4 Å². The van der Waals surface area contributed by atoms with Crippen LogP contribution in [-0.4, -0.2) is 15.9 Å². The largest absolute Gasteiger partial charge is 0.252 e. The normalized spacial score (nSPS) is 19.6. The van der Waals surface area contributed by atoms with Crippen LogP contribution in [0.3, 0.4) is 0 Å². The summed E-state index contributed by atoms with van der Waals surface area (Å²) in [5, 5.41) is 0.157. The maximum absolute atomic E-state index is 12.9. The molecule has 0 saturated carbocycles. The SMILES string of the molecule is FC1(F)CCc2ncnc(Cl)c2C1. The minimum atomic E-state index is -2.65. The molecule has 0 fully saturated rings. The fourth-order valence-electron chi connectivity index (χ4n) is 1.46. The van der Waals surface area contributed by atoms with E-state index in [2.05, 4.69) is 9.97 Å². The van der Waals surface area contributed by atoms with Crippen LogP contribution in [0.5, 0.6) is 0 Å². The van der Waals surface area contributed by atoms with Gasteiger partial charge in [-0.2, -0.15) is 0 Å². The van der Waals surface area contributed by atoms with Gasteiger partial charge < -0.3 is 0 Å².